The molecule has 1 aromatic heterocycles. The summed E-state index contributed by atoms with van der Waals surface area (Å²) in [4.78, 5) is 24.5. The molecule has 0 spiro atoms. The maximum Gasteiger partial charge on any atom is 0.271 e. The van der Waals surface area contributed by atoms with Crippen molar-refractivity contribution in [2.45, 2.75) is 32.7 Å². The van der Waals surface area contributed by atoms with Crippen molar-refractivity contribution in [3.8, 4) is 0 Å². The van der Waals surface area contributed by atoms with E-state index in [1.54, 1.807) is 0 Å². The molecular weight excluding hydrogens is 362 g/mol. The van der Waals surface area contributed by atoms with Gasteiger partial charge in [0.25, 0.3) is 11.5 Å². The molecule has 1 heterocycles. The summed E-state index contributed by atoms with van der Waals surface area (Å²) in [6.45, 7) is 5.02. The Morgan fingerprint density at radius 2 is 1.52 bits per heavy atom. The molecular formula is C24H27N3O2. The topological polar surface area (TPSA) is 64.0 Å². The normalized spacial score (nSPS) is 11.0. The quantitative estimate of drug-likeness (QED) is 0.636. The molecule has 5 nitrogen and oxygen atoms in total. The summed E-state index contributed by atoms with van der Waals surface area (Å²) in [5.74, 6) is 0.207. The Balaban J connectivity index is 1.68. The van der Waals surface area contributed by atoms with E-state index in [0.29, 0.717) is 13.1 Å². The molecule has 0 saturated carbocycles. The third-order valence-electron chi connectivity index (χ3n) is 4.76. The lowest BCUT2D eigenvalue weighted by molar-refractivity contribution is 0.0945. The molecule has 2 aromatic carbocycles. The number of rotatable bonds is 8. The molecule has 150 valence electrons. The van der Waals surface area contributed by atoms with Crippen LogP contribution in [-0.4, -0.2) is 22.2 Å². The zero-order valence-electron chi connectivity index (χ0n) is 16.9. The Morgan fingerprint density at radius 1 is 0.931 bits per heavy atom. The fourth-order valence-electron chi connectivity index (χ4n) is 3.36. The molecule has 0 bridgehead atoms. The van der Waals surface area contributed by atoms with Crippen molar-refractivity contribution in [2.24, 2.45) is 5.92 Å². The fraction of sp³-hybridized carbons (Fsp3) is 0.292. The first-order valence-electron chi connectivity index (χ1n) is 10.0. The number of amides is 1. The van der Waals surface area contributed by atoms with Gasteiger partial charge in [-0.1, -0.05) is 74.5 Å². The van der Waals surface area contributed by atoms with Gasteiger partial charge in [-0.2, -0.15) is 5.10 Å². The highest BCUT2D eigenvalue weighted by molar-refractivity contribution is 5.91. The van der Waals surface area contributed by atoms with Gasteiger partial charge in [-0.05, 0) is 29.5 Å². The molecule has 0 radical (unpaired) electrons. The molecule has 3 rings (SSSR count). The Bertz CT molecular complexity index is 942. The number of nitrogens with one attached hydrogen (secondary N) is 1. The fourth-order valence-corrected chi connectivity index (χ4v) is 3.36. The summed E-state index contributed by atoms with van der Waals surface area (Å²) < 4.78 is 1.36. The first-order chi connectivity index (χ1) is 14.0. The maximum atomic E-state index is 12.6. The molecule has 0 aliphatic rings. The lowest BCUT2D eigenvalue weighted by atomic mass is 9.88. The summed E-state index contributed by atoms with van der Waals surface area (Å²) >= 11 is 0. The standard InChI is InChI=1S/C24H27N3O2/c1-18(2)17-27-23(28)14-13-22(26-27)24(29)25-16-15-21(19-9-5-3-6-10-19)20-11-7-4-8-12-20/h3-14,18,21H,15-17H2,1-2H3,(H,25,29). The van der Waals surface area contributed by atoms with Gasteiger partial charge < -0.3 is 5.32 Å². The van der Waals surface area contributed by atoms with Crippen LogP contribution in [-0.2, 0) is 6.54 Å². The second-order valence-electron chi connectivity index (χ2n) is 7.55. The van der Waals surface area contributed by atoms with Crippen LogP contribution in [0.4, 0.5) is 0 Å². The van der Waals surface area contributed by atoms with Crippen LogP contribution >= 0.6 is 0 Å². The lowest BCUT2D eigenvalue weighted by Crippen LogP contribution is -2.31. The Labute approximate surface area is 171 Å². The van der Waals surface area contributed by atoms with Gasteiger partial charge in [-0.3, -0.25) is 9.59 Å². The molecule has 0 aliphatic carbocycles. The van der Waals surface area contributed by atoms with E-state index in [4.69, 9.17) is 0 Å². The Hall–Kier alpha value is -3.21. The Kier molecular flexibility index (Phi) is 6.95. The summed E-state index contributed by atoms with van der Waals surface area (Å²) in [6.07, 6.45) is 0.769. The number of hydrogen-bond donors (Lipinski definition) is 1. The van der Waals surface area contributed by atoms with Gasteiger partial charge in [0, 0.05) is 25.1 Å². The predicted octanol–water partition coefficient (Wildman–Crippen LogP) is 3.85. The molecule has 0 fully saturated rings. The molecule has 29 heavy (non-hydrogen) atoms. The molecule has 3 aromatic rings. The monoisotopic (exact) mass is 389 g/mol. The number of nitrogens with zero attached hydrogens (tertiary/aromatic N) is 2. The average Bonchev–Trinajstić information content (AvgIpc) is 2.73. The highest BCUT2D eigenvalue weighted by atomic mass is 16.2. The molecule has 0 atom stereocenters. The van der Waals surface area contributed by atoms with E-state index in [9.17, 15) is 9.59 Å². The van der Waals surface area contributed by atoms with E-state index in [1.807, 2.05) is 50.2 Å². The summed E-state index contributed by atoms with van der Waals surface area (Å²) in [6, 6.07) is 23.5. The van der Waals surface area contributed by atoms with Gasteiger partial charge in [0.1, 0.15) is 5.69 Å². The van der Waals surface area contributed by atoms with E-state index >= 15 is 0 Å². The van der Waals surface area contributed by atoms with Crippen LogP contribution in [0.15, 0.2) is 77.6 Å². The average molecular weight is 389 g/mol. The van der Waals surface area contributed by atoms with Crippen molar-refractivity contribution in [3.05, 3.63) is 100.0 Å². The minimum Gasteiger partial charge on any atom is -0.351 e. The molecule has 1 amide bonds. The van der Waals surface area contributed by atoms with Crippen molar-refractivity contribution in [1.82, 2.24) is 15.1 Å². The van der Waals surface area contributed by atoms with E-state index in [2.05, 4.69) is 34.7 Å². The minimum atomic E-state index is -0.262. The van der Waals surface area contributed by atoms with Crippen molar-refractivity contribution in [1.29, 1.82) is 0 Å². The van der Waals surface area contributed by atoms with Gasteiger partial charge in [-0.25, -0.2) is 4.68 Å². The van der Waals surface area contributed by atoms with Gasteiger partial charge >= 0.3 is 0 Å². The van der Waals surface area contributed by atoms with Crippen molar-refractivity contribution in [2.75, 3.05) is 6.54 Å². The van der Waals surface area contributed by atoms with Crippen molar-refractivity contribution < 1.29 is 4.79 Å². The van der Waals surface area contributed by atoms with Crippen molar-refractivity contribution in [3.63, 3.8) is 0 Å². The number of carbonyl (C=O) groups excluding carboxylic acids is 1. The zero-order valence-corrected chi connectivity index (χ0v) is 16.9. The highest BCUT2D eigenvalue weighted by Crippen LogP contribution is 2.27. The maximum absolute atomic E-state index is 12.6. The van der Waals surface area contributed by atoms with Crippen LogP contribution in [0, 0.1) is 5.92 Å². The SMILES string of the molecule is CC(C)Cn1nc(C(=O)NCCC(c2ccccc2)c2ccccc2)ccc1=O. The second-order valence-corrected chi connectivity index (χ2v) is 7.55. The number of hydrogen-bond acceptors (Lipinski definition) is 3. The zero-order chi connectivity index (χ0) is 20.6. The molecule has 5 heteroatoms. The molecule has 0 aliphatic heterocycles. The summed E-state index contributed by atoms with van der Waals surface area (Å²) in [5.41, 5.74) is 2.51. The van der Waals surface area contributed by atoms with Gasteiger partial charge in [0.15, 0.2) is 0 Å². The van der Waals surface area contributed by atoms with Gasteiger partial charge in [0.05, 0.1) is 0 Å². The minimum absolute atomic E-state index is 0.191. The number of benzene rings is 2. The van der Waals surface area contributed by atoms with E-state index in [0.717, 1.165) is 6.42 Å². The number of aromatic nitrogens is 2. The van der Waals surface area contributed by atoms with Crippen LogP contribution in [0.25, 0.3) is 0 Å². The molecule has 1 N–H and O–H groups in total. The van der Waals surface area contributed by atoms with E-state index in [1.165, 1.54) is 27.9 Å². The highest BCUT2D eigenvalue weighted by Gasteiger charge is 2.15. The first kappa shape index (κ1) is 20.5. The van der Waals surface area contributed by atoms with Crippen LogP contribution in [0.2, 0.25) is 0 Å². The molecule has 0 unspecified atom stereocenters. The number of carbonyl (C=O) groups is 1. The van der Waals surface area contributed by atoms with Crippen LogP contribution in [0.5, 0.6) is 0 Å². The third kappa shape index (κ3) is 5.64. The smallest absolute Gasteiger partial charge is 0.271 e. The first-order valence-corrected chi connectivity index (χ1v) is 10.0. The summed E-state index contributed by atoms with van der Waals surface area (Å²) in [5, 5.41) is 7.17. The lowest BCUT2D eigenvalue weighted by Gasteiger charge is -2.18. The van der Waals surface area contributed by atoms with Crippen LogP contribution < -0.4 is 10.9 Å². The predicted molar refractivity (Wildman–Crippen MR) is 115 cm³/mol. The largest absolute Gasteiger partial charge is 0.351 e. The van der Waals surface area contributed by atoms with E-state index < -0.39 is 0 Å². The van der Waals surface area contributed by atoms with Crippen LogP contribution in [0.3, 0.4) is 0 Å². The molecule has 0 saturated heterocycles. The Morgan fingerprint density at radius 3 is 2.07 bits per heavy atom. The van der Waals surface area contributed by atoms with E-state index in [-0.39, 0.29) is 29.0 Å². The third-order valence-corrected chi connectivity index (χ3v) is 4.76. The van der Waals surface area contributed by atoms with Crippen molar-refractivity contribution >= 4 is 5.91 Å². The second kappa shape index (κ2) is 9.82. The summed E-state index contributed by atoms with van der Waals surface area (Å²) in [7, 11) is 0. The van der Waals surface area contributed by atoms with Crippen LogP contribution in [0.1, 0.15) is 47.8 Å². The van der Waals surface area contributed by atoms with Gasteiger partial charge in [0.2, 0.25) is 0 Å². The van der Waals surface area contributed by atoms with Gasteiger partial charge in [-0.15, -0.1) is 0 Å².